The van der Waals surface area contributed by atoms with Crippen LogP contribution in [0.5, 0.6) is 0 Å². The Morgan fingerprint density at radius 2 is 1.50 bits per heavy atom. The molecule has 2 fully saturated rings. The SMILES string of the molecule is C1CC2(CC[N-]1)CCNCC2.[Y]. The molecular weight excluding hydrogens is 225 g/mol. The molecule has 1 spiro atoms. The normalized spacial score (nSPS) is 28.0. The molecule has 0 amide bonds. The third-order valence-electron chi connectivity index (χ3n) is 3.26. The van der Waals surface area contributed by atoms with Crippen molar-refractivity contribution in [1.29, 1.82) is 0 Å². The first-order valence-corrected chi connectivity index (χ1v) is 4.75. The molecule has 2 saturated heterocycles. The summed E-state index contributed by atoms with van der Waals surface area (Å²) in [5, 5.41) is 7.83. The molecule has 2 rings (SSSR count). The van der Waals surface area contributed by atoms with Gasteiger partial charge in [0, 0.05) is 32.7 Å². The summed E-state index contributed by atoms with van der Waals surface area (Å²) in [6.45, 7) is 4.72. The molecule has 0 aliphatic carbocycles. The minimum atomic E-state index is 0. The van der Waals surface area contributed by atoms with Crippen LogP contribution in [0.1, 0.15) is 25.7 Å². The number of hydrogen-bond donors (Lipinski definition) is 1. The zero-order valence-electron chi connectivity index (χ0n) is 7.68. The van der Waals surface area contributed by atoms with E-state index in [0.717, 1.165) is 13.1 Å². The molecule has 0 bridgehead atoms. The van der Waals surface area contributed by atoms with Crippen molar-refractivity contribution in [2.75, 3.05) is 26.2 Å². The van der Waals surface area contributed by atoms with Crippen LogP contribution in [0.15, 0.2) is 0 Å². The predicted octanol–water partition coefficient (Wildman–Crippen LogP) is 1.52. The second-order valence-electron chi connectivity index (χ2n) is 3.92. The fourth-order valence-corrected chi connectivity index (χ4v) is 2.33. The van der Waals surface area contributed by atoms with E-state index in [9.17, 15) is 0 Å². The number of nitrogens with zero attached hydrogens (tertiary/aromatic N) is 1. The Balaban J connectivity index is 0.000000720. The molecule has 1 N–H and O–H groups in total. The average Bonchev–Trinajstić information content (AvgIpc) is 2.07. The van der Waals surface area contributed by atoms with E-state index in [1.54, 1.807) is 0 Å². The smallest absolute Gasteiger partial charge is 0 e. The molecule has 0 aromatic heterocycles. The van der Waals surface area contributed by atoms with Crippen molar-refractivity contribution in [3.05, 3.63) is 5.32 Å². The van der Waals surface area contributed by atoms with Gasteiger partial charge in [-0.15, -0.1) is 13.1 Å². The Kier molecular flexibility index (Phi) is 4.66. The summed E-state index contributed by atoms with van der Waals surface area (Å²) in [4.78, 5) is 0. The van der Waals surface area contributed by atoms with Gasteiger partial charge in [-0.05, 0) is 31.3 Å². The van der Waals surface area contributed by atoms with Gasteiger partial charge in [0.05, 0.1) is 0 Å². The van der Waals surface area contributed by atoms with Gasteiger partial charge in [-0.2, -0.15) is 0 Å². The number of hydrogen-bond acceptors (Lipinski definition) is 1. The van der Waals surface area contributed by atoms with Crippen molar-refractivity contribution in [3.63, 3.8) is 0 Å². The summed E-state index contributed by atoms with van der Waals surface area (Å²) in [6, 6.07) is 0. The maximum Gasteiger partial charge on any atom is 0 e. The zero-order valence-corrected chi connectivity index (χ0v) is 10.5. The predicted molar refractivity (Wildman–Crippen MR) is 46.9 cm³/mol. The summed E-state index contributed by atoms with van der Waals surface area (Å²) < 4.78 is 0. The molecule has 2 nitrogen and oxygen atoms in total. The van der Waals surface area contributed by atoms with Gasteiger partial charge in [0.15, 0.2) is 0 Å². The molecule has 0 aromatic carbocycles. The van der Waals surface area contributed by atoms with Crippen molar-refractivity contribution in [1.82, 2.24) is 5.32 Å². The van der Waals surface area contributed by atoms with Crippen LogP contribution in [0, 0.1) is 5.41 Å². The Hall–Kier alpha value is 1.02. The second kappa shape index (κ2) is 5.04. The molecule has 0 atom stereocenters. The van der Waals surface area contributed by atoms with Gasteiger partial charge in [-0.3, -0.25) is 0 Å². The monoisotopic (exact) mass is 242 g/mol. The molecule has 0 aromatic rings. The van der Waals surface area contributed by atoms with Crippen molar-refractivity contribution >= 4 is 0 Å². The van der Waals surface area contributed by atoms with Gasteiger partial charge in [-0.1, -0.05) is 12.8 Å². The van der Waals surface area contributed by atoms with Crippen LogP contribution in [0.2, 0.25) is 0 Å². The van der Waals surface area contributed by atoms with Crippen LogP contribution in [0.4, 0.5) is 0 Å². The van der Waals surface area contributed by atoms with Crippen LogP contribution in [-0.4, -0.2) is 26.2 Å². The van der Waals surface area contributed by atoms with Crippen molar-refractivity contribution in [2.45, 2.75) is 25.7 Å². The Morgan fingerprint density at radius 1 is 0.917 bits per heavy atom. The molecule has 2 aliphatic heterocycles. The molecule has 3 heteroatoms. The zero-order chi connectivity index (χ0) is 7.57. The summed E-state index contributed by atoms with van der Waals surface area (Å²) in [6.07, 6.45) is 5.49. The van der Waals surface area contributed by atoms with Crippen molar-refractivity contribution in [2.24, 2.45) is 5.41 Å². The van der Waals surface area contributed by atoms with Crippen LogP contribution in [0.25, 0.3) is 5.32 Å². The topological polar surface area (TPSA) is 26.1 Å². The summed E-state index contributed by atoms with van der Waals surface area (Å²) in [5.74, 6) is 0. The summed E-state index contributed by atoms with van der Waals surface area (Å²) in [7, 11) is 0. The molecule has 2 heterocycles. The van der Waals surface area contributed by atoms with E-state index in [1.165, 1.54) is 38.8 Å². The number of nitrogens with one attached hydrogen (secondary N) is 1. The summed E-state index contributed by atoms with van der Waals surface area (Å²) in [5.41, 5.74) is 0.701. The number of piperidine rings is 2. The van der Waals surface area contributed by atoms with E-state index in [4.69, 9.17) is 0 Å². The Bertz CT molecular complexity index is 107. The Morgan fingerprint density at radius 3 is 2.08 bits per heavy atom. The number of rotatable bonds is 0. The van der Waals surface area contributed by atoms with Gasteiger partial charge >= 0.3 is 0 Å². The second-order valence-corrected chi connectivity index (χ2v) is 3.92. The van der Waals surface area contributed by atoms with Gasteiger partial charge in [0.1, 0.15) is 0 Å². The third-order valence-corrected chi connectivity index (χ3v) is 3.26. The van der Waals surface area contributed by atoms with Crippen LogP contribution >= 0.6 is 0 Å². The van der Waals surface area contributed by atoms with Gasteiger partial charge in [-0.25, -0.2) is 0 Å². The molecular formula is C9H17N2Y-. The van der Waals surface area contributed by atoms with Crippen molar-refractivity contribution in [3.8, 4) is 0 Å². The van der Waals surface area contributed by atoms with Crippen molar-refractivity contribution < 1.29 is 32.7 Å². The maximum atomic E-state index is 4.41. The molecule has 0 saturated carbocycles. The first-order chi connectivity index (χ1) is 5.41. The maximum absolute atomic E-state index is 4.41. The standard InChI is InChI=1S/C9H17N2.Y/c1-5-10-6-2-9(1)3-7-11-8-4-9;/h10H,1-8H2;/q-1;. The van der Waals surface area contributed by atoms with Gasteiger partial charge in [0.25, 0.3) is 0 Å². The first kappa shape index (κ1) is 11.1. The average molecular weight is 242 g/mol. The largest absolute Gasteiger partial charge is 0.662 e. The van der Waals surface area contributed by atoms with E-state index in [1.807, 2.05) is 0 Å². The van der Waals surface area contributed by atoms with Gasteiger partial charge in [0.2, 0.25) is 0 Å². The fourth-order valence-electron chi connectivity index (χ4n) is 2.33. The Labute approximate surface area is 100 Å². The molecule has 2 aliphatic rings. The molecule has 0 unspecified atom stereocenters. The minimum Gasteiger partial charge on any atom is -0.662 e. The quantitative estimate of drug-likeness (QED) is 0.684. The van der Waals surface area contributed by atoms with E-state index < -0.39 is 0 Å². The van der Waals surface area contributed by atoms with E-state index in [0.29, 0.717) is 5.41 Å². The fraction of sp³-hybridized carbons (Fsp3) is 1.00. The van der Waals surface area contributed by atoms with Crippen LogP contribution in [-0.2, 0) is 32.7 Å². The molecule has 12 heavy (non-hydrogen) atoms. The van der Waals surface area contributed by atoms with E-state index in [2.05, 4.69) is 10.6 Å². The third kappa shape index (κ3) is 2.51. The minimum absolute atomic E-state index is 0. The van der Waals surface area contributed by atoms with Gasteiger partial charge < -0.3 is 10.6 Å². The van der Waals surface area contributed by atoms with Crippen LogP contribution in [0.3, 0.4) is 0 Å². The summed E-state index contributed by atoms with van der Waals surface area (Å²) >= 11 is 0. The van der Waals surface area contributed by atoms with Crippen LogP contribution < -0.4 is 5.32 Å². The van der Waals surface area contributed by atoms with E-state index >= 15 is 0 Å². The molecule has 1 radical (unpaired) electrons. The van der Waals surface area contributed by atoms with E-state index in [-0.39, 0.29) is 32.7 Å². The molecule has 67 valence electrons. The first-order valence-electron chi connectivity index (χ1n) is 4.75.